The molecule has 110 valence electrons. The molecule has 1 rings (SSSR count). The van der Waals surface area contributed by atoms with Crippen molar-refractivity contribution in [2.75, 3.05) is 19.3 Å². The molecule has 6 heteroatoms. The minimum Gasteiger partial charge on any atom is -0.404 e. The van der Waals surface area contributed by atoms with Gasteiger partial charge in [-0.3, -0.25) is 0 Å². The van der Waals surface area contributed by atoms with E-state index in [-0.39, 0.29) is 5.56 Å². The van der Waals surface area contributed by atoms with E-state index in [1.54, 1.807) is 26.0 Å². The molecule has 1 aromatic carbocycles. The number of thioether (sulfide) groups is 1. The zero-order valence-corrected chi connectivity index (χ0v) is 12.5. The van der Waals surface area contributed by atoms with Crippen molar-refractivity contribution in [3.63, 3.8) is 0 Å². The Labute approximate surface area is 121 Å². The first kappa shape index (κ1) is 16.5. The maximum Gasteiger partial charge on any atom is 0.415 e. The maximum atomic E-state index is 13.0. The molecule has 0 aromatic heterocycles. The third kappa shape index (κ3) is 4.23. The maximum absolute atomic E-state index is 13.0. The number of amides is 1. The molecule has 1 aromatic rings. The third-order valence-electron chi connectivity index (χ3n) is 2.73. The number of hydrogen-bond acceptors (Lipinski definition) is 3. The van der Waals surface area contributed by atoms with Gasteiger partial charge in [-0.25, -0.2) is 4.79 Å². The van der Waals surface area contributed by atoms with Crippen molar-refractivity contribution in [2.24, 2.45) is 0 Å². The van der Waals surface area contributed by atoms with Gasteiger partial charge in [-0.05, 0) is 44.4 Å². The average Bonchev–Trinajstić information content (AvgIpc) is 2.46. The molecule has 0 aliphatic rings. The van der Waals surface area contributed by atoms with Gasteiger partial charge in [0.1, 0.15) is 0 Å². The van der Waals surface area contributed by atoms with Crippen LogP contribution in [0.25, 0.3) is 5.76 Å². The summed E-state index contributed by atoms with van der Waals surface area (Å²) in [6.07, 6.45) is -0.892. The van der Waals surface area contributed by atoms with Gasteiger partial charge < -0.3 is 9.64 Å². The van der Waals surface area contributed by atoms with Crippen LogP contribution in [0, 0.1) is 0 Å². The molecule has 0 N–H and O–H groups in total. The number of benzene rings is 1. The first-order valence-electron chi connectivity index (χ1n) is 6.19. The third-order valence-corrected chi connectivity index (χ3v) is 3.48. The molecule has 0 atom stereocenters. The molecule has 0 spiro atoms. The second-order valence-corrected chi connectivity index (χ2v) is 4.74. The standard InChI is InChI=1S/C14H17F2NO2S/c1-4-17(5-2)14(18)19-12(13(15)16)10-6-8-11(20-3)9-7-10/h6-9H,4-5H2,1-3H3. The highest BCUT2D eigenvalue weighted by molar-refractivity contribution is 7.98. The van der Waals surface area contributed by atoms with E-state index in [0.717, 1.165) is 4.90 Å². The molecule has 0 heterocycles. The topological polar surface area (TPSA) is 29.5 Å². The highest BCUT2D eigenvalue weighted by atomic mass is 32.2. The average molecular weight is 301 g/mol. The van der Waals surface area contributed by atoms with Crippen LogP contribution in [0.15, 0.2) is 35.2 Å². The van der Waals surface area contributed by atoms with Crippen molar-refractivity contribution in [1.29, 1.82) is 0 Å². The summed E-state index contributed by atoms with van der Waals surface area (Å²) in [6, 6.07) is 6.42. The quantitative estimate of drug-likeness (QED) is 0.594. The number of halogens is 2. The molecular formula is C14H17F2NO2S. The van der Waals surface area contributed by atoms with Crippen LogP contribution in [0.4, 0.5) is 13.6 Å². The monoisotopic (exact) mass is 301 g/mol. The molecule has 20 heavy (non-hydrogen) atoms. The van der Waals surface area contributed by atoms with E-state index in [1.807, 2.05) is 6.26 Å². The predicted octanol–water partition coefficient (Wildman–Crippen LogP) is 4.45. The van der Waals surface area contributed by atoms with E-state index < -0.39 is 17.9 Å². The molecule has 0 aliphatic heterocycles. The lowest BCUT2D eigenvalue weighted by atomic mass is 10.2. The van der Waals surface area contributed by atoms with Crippen molar-refractivity contribution >= 4 is 23.6 Å². The molecule has 0 unspecified atom stereocenters. The minimum atomic E-state index is -2.01. The van der Waals surface area contributed by atoms with Crippen LogP contribution < -0.4 is 0 Å². The molecule has 1 amide bonds. The Morgan fingerprint density at radius 2 is 1.75 bits per heavy atom. The SMILES string of the molecule is CCN(CC)C(=O)OC(=C(F)F)c1ccc(SC)cc1. The van der Waals surface area contributed by atoms with Gasteiger partial charge in [0.2, 0.25) is 5.76 Å². The van der Waals surface area contributed by atoms with E-state index in [2.05, 4.69) is 0 Å². The highest BCUT2D eigenvalue weighted by Gasteiger charge is 2.19. The lowest BCUT2D eigenvalue weighted by Crippen LogP contribution is -2.30. The number of rotatable bonds is 5. The van der Waals surface area contributed by atoms with Crippen LogP contribution in [0.5, 0.6) is 0 Å². The number of carbonyl (C=O) groups is 1. The molecule has 3 nitrogen and oxygen atoms in total. The second kappa shape index (κ2) is 7.89. The van der Waals surface area contributed by atoms with Crippen molar-refractivity contribution in [3.8, 4) is 0 Å². The normalized spacial score (nSPS) is 10.1. The van der Waals surface area contributed by atoms with E-state index in [1.165, 1.54) is 28.8 Å². The smallest absolute Gasteiger partial charge is 0.404 e. The van der Waals surface area contributed by atoms with Crippen molar-refractivity contribution in [1.82, 2.24) is 4.90 Å². The minimum absolute atomic E-state index is 0.184. The van der Waals surface area contributed by atoms with Crippen LogP contribution in [-0.2, 0) is 4.74 Å². The first-order chi connectivity index (χ1) is 9.53. The Morgan fingerprint density at radius 3 is 2.15 bits per heavy atom. The zero-order valence-electron chi connectivity index (χ0n) is 11.7. The van der Waals surface area contributed by atoms with E-state index >= 15 is 0 Å². The van der Waals surface area contributed by atoms with Gasteiger partial charge in [-0.15, -0.1) is 11.8 Å². The van der Waals surface area contributed by atoms with Crippen LogP contribution in [0.1, 0.15) is 19.4 Å². The van der Waals surface area contributed by atoms with Crippen LogP contribution >= 0.6 is 11.8 Å². The summed E-state index contributed by atoms with van der Waals surface area (Å²) in [5.41, 5.74) is 0.184. The highest BCUT2D eigenvalue weighted by Crippen LogP contribution is 2.25. The molecule has 0 aliphatic carbocycles. The van der Waals surface area contributed by atoms with Gasteiger partial charge in [-0.2, -0.15) is 8.78 Å². The number of hydrogen-bond donors (Lipinski definition) is 0. The molecule has 0 saturated carbocycles. The molecule has 0 bridgehead atoms. The molecule has 0 radical (unpaired) electrons. The van der Waals surface area contributed by atoms with E-state index in [9.17, 15) is 13.6 Å². The summed E-state index contributed by atoms with van der Waals surface area (Å²) in [6.45, 7) is 4.32. The van der Waals surface area contributed by atoms with E-state index in [0.29, 0.717) is 13.1 Å². The Balaban J connectivity index is 2.96. The Hall–Kier alpha value is -1.56. The predicted molar refractivity (Wildman–Crippen MR) is 76.8 cm³/mol. The van der Waals surface area contributed by atoms with E-state index in [4.69, 9.17) is 4.74 Å². The fourth-order valence-electron chi connectivity index (χ4n) is 1.58. The Morgan fingerprint density at radius 1 is 1.20 bits per heavy atom. The van der Waals surface area contributed by atoms with Gasteiger partial charge in [0, 0.05) is 23.5 Å². The molecule has 0 fully saturated rings. The Bertz CT molecular complexity index is 480. The van der Waals surface area contributed by atoms with Crippen molar-refractivity contribution in [3.05, 3.63) is 35.9 Å². The van der Waals surface area contributed by atoms with Crippen LogP contribution in [0.3, 0.4) is 0 Å². The Kier molecular flexibility index (Phi) is 6.51. The van der Waals surface area contributed by atoms with Crippen LogP contribution in [-0.4, -0.2) is 30.3 Å². The van der Waals surface area contributed by atoms with Gasteiger partial charge >= 0.3 is 12.2 Å². The van der Waals surface area contributed by atoms with Gasteiger partial charge in [0.05, 0.1) is 0 Å². The zero-order chi connectivity index (χ0) is 15.1. The summed E-state index contributed by atoms with van der Waals surface area (Å²) < 4.78 is 30.8. The largest absolute Gasteiger partial charge is 0.415 e. The van der Waals surface area contributed by atoms with Gasteiger partial charge in [0.25, 0.3) is 0 Å². The summed E-state index contributed by atoms with van der Waals surface area (Å²) in [5.74, 6) is -0.686. The van der Waals surface area contributed by atoms with Gasteiger partial charge in [-0.1, -0.05) is 0 Å². The number of nitrogens with zero attached hydrogens (tertiary/aromatic N) is 1. The van der Waals surface area contributed by atoms with Crippen molar-refractivity contribution in [2.45, 2.75) is 18.7 Å². The summed E-state index contributed by atoms with van der Waals surface area (Å²) in [5, 5.41) is 0. The lowest BCUT2D eigenvalue weighted by molar-refractivity contribution is 0.145. The first-order valence-corrected chi connectivity index (χ1v) is 7.42. The number of carbonyl (C=O) groups excluding carboxylic acids is 1. The summed E-state index contributed by atoms with van der Waals surface area (Å²) >= 11 is 1.50. The molecule has 0 saturated heterocycles. The fraction of sp³-hybridized carbons (Fsp3) is 0.357. The number of ether oxygens (including phenoxy) is 1. The second-order valence-electron chi connectivity index (χ2n) is 3.86. The van der Waals surface area contributed by atoms with Crippen molar-refractivity contribution < 1.29 is 18.3 Å². The fourth-order valence-corrected chi connectivity index (χ4v) is 1.99. The summed E-state index contributed by atoms with van der Waals surface area (Å²) in [4.78, 5) is 14.0. The molecular weight excluding hydrogens is 284 g/mol. The lowest BCUT2D eigenvalue weighted by Gasteiger charge is -2.18. The van der Waals surface area contributed by atoms with Crippen LogP contribution in [0.2, 0.25) is 0 Å². The summed E-state index contributed by atoms with van der Waals surface area (Å²) in [7, 11) is 0. The van der Waals surface area contributed by atoms with Gasteiger partial charge in [0.15, 0.2) is 0 Å².